The van der Waals surface area contributed by atoms with Crippen molar-refractivity contribution in [3.63, 3.8) is 0 Å². The van der Waals surface area contributed by atoms with Crippen LogP contribution in [0.5, 0.6) is 0 Å². The van der Waals surface area contributed by atoms with E-state index in [0.29, 0.717) is 23.1 Å². The highest BCUT2D eigenvalue weighted by Crippen LogP contribution is 2.13. The standard InChI is InChI=1S/C11H12BrN3O2/c12-9-7(3-1-5-13-9)10(16)15-8-4-2-6-14-11(8)17/h1,3,5,8H,2,4,6H2,(H,14,17)(H,15,16). The van der Waals surface area contributed by atoms with Crippen molar-refractivity contribution in [3.05, 3.63) is 28.5 Å². The number of carbonyl (C=O) groups excluding carboxylic acids is 2. The van der Waals surface area contributed by atoms with Crippen molar-refractivity contribution in [2.45, 2.75) is 18.9 Å². The molecule has 0 bridgehead atoms. The summed E-state index contributed by atoms with van der Waals surface area (Å²) in [5.74, 6) is -0.406. The van der Waals surface area contributed by atoms with Crippen molar-refractivity contribution in [2.24, 2.45) is 0 Å². The van der Waals surface area contributed by atoms with Crippen molar-refractivity contribution in [2.75, 3.05) is 6.54 Å². The number of carbonyl (C=O) groups is 2. The van der Waals surface area contributed by atoms with Crippen molar-refractivity contribution in [1.82, 2.24) is 15.6 Å². The topological polar surface area (TPSA) is 71.1 Å². The molecule has 1 aromatic heterocycles. The molecule has 1 aliphatic heterocycles. The minimum Gasteiger partial charge on any atom is -0.354 e. The Labute approximate surface area is 107 Å². The van der Waals surface area contributed by atoms with Gasteiger partial charge in [0.05, 0.1) is 5.56 Å². The predicted molar refractivity (Wildman–Crippen MR) is 65.4 cm³/mol. The van der Waals surface area contributed by atoms with Crippen molar-refractivity contribution < 1.29 is 9.59 Å². The second-order valence-corrected chi connectivity index (χ2v) is 4.55. The molecule has 0 aromatic carbocycles. The number of nitrogens with zero attached hydrogens (tertiary/aromatic N) is 1. The molecule has 17 heavy (non-hydrogen) atoms. The summed E-state index contributed by atoms with van der Waals surface area (Å²) in [5.41, 5.74) is 0.436. The van der Waals surface area contributed by atoms with E-state index in [-0.39, 0.29) is 11.8 Å². The van der Waals surface area contributed by atoms with Crippen LogP contribution in [0.25, 0.3) is 0 Å². The first kappa shape index (κ1) is 12.0. The molecule has 0 spiro atoms. The molecule has 1 atom stereocenters. The van der Waals surface area contributed by atoms with Crippen LogP contribution in [-0.2, 0) is 4.79 Å². The van der Waals surface area contributed by atoms with Crippen LogP contribution >= 0.6 is 15.9 Å². The predicted octanol–water partition coefficient (Wildman–Crippen LogP) is 0.852. The summed E-state index contributed by atoms with van der Waals surface area (Å²) in [6.07, 6.45) is 3.15. The zero-order valence-corrected chi connectivity index (χ0v) is 10.7. The van der Waals surface area contributed by atoms with Crippen LogP contribution in [0.15, 0.2) is 22.9 Å². The fourth-order valence-corrected chi connectivity index (χ4v) is 2.13. The van der Waals surface area contributed by atoms with Crippen LogP contribution < -0.4 is 10.6 Å². The van der Waals surface area contributed by atoms with Crippen LogP contribution in [-0.4, -0.2) is 29.4 Å². The van der Waals surface area contributed by atoms with Crippen molar-refractivity contribution in [1.29, 1.82) is 0 Å². The number of pyridine rings is 1. The van der Waals surface area contributed by atoms with Gasteiger partial charge in [-0.3, -0.25) is 9.59 Å². The van der Waals surface area contributed by atoms with Gasteiger partial charge in [0.25, 0.3) is 5.91 Å². The highest BCUT2D eigenvalue weighted by Gasteiger charge is 2.24. The lowest BCUT2D eigenvalue weighted by molar-refractivity contribution is -0.124. The van der Waals surface area contributed by atoms with Crippen LogP contribution in [0.3, 0.4) is 0 Å². The third kappa shape index (κ3) is 2.82. The number of halogens is 1. The maximum Gasteiger partial charge on any atom is 0.254 e. The van der Waals surface area contributed by atoms with Gasteiger partial charge in [-0.25, -0.2) is 4.98 Å². The molecule has 2 N–H and O–H groups in total. The molecule has 0 saturated carbocycles. The van der Waals surface area contributed by atoms with E-state index in [1.807, 2.05) is 0 Å². The van der Waals surface area contributed by atoms with Gasteiger partial charge in [-0.2, -0.15) is 0 Å². The molecule has 2 heterocycles. The van der Waals surface area contributed by atoms with E-state index >= 15 is 0 Å². The Morgan fingerprint density at radius 3 is 3.12 bits per heavy atom. The van der Waals surface area contributed by atoms with Gasteiger partial charge < -0.3 is 10.6 Å². The Morgan fingerprint density at radius 2 is 2.41 bits per heavy atom. The average molecular weight is 298 g/mol. The molecule has 1 saturated heterocycles. The number of rotatable bonds is 2. The maximum atomic E-state index is 11.9. The Hall–Kier alpha value is -1.43. The Kier molecular flexibility index (Phi) is 3.73. The lowest BCUT2D eigenvalue weighted by Gasteiger charge is -2.22. The second kappa shape index (κ2) is 5.27. The molecule has 1 aromatic rings. The highest BCUT2D eigenvalue weighted by molar-refractivity contribution is 9.10. The molecule has 0 radical (unpaired) electrons. The van der Waals surface area contributed by atoms with Crippen LogP contribution in [0.4, 0.5) is 0 Å². The lowest BCUT2D eigenvalue weighted by atomic mass is 10.1. The van der Waals surface area contributed by atoms with Gasteiger partial charge in [0, 0.05) is 12.7 Å². The van der Waals surface area contributed by atoms with Gasteiger partial charge in [0.15, 0.2) is 0 Å². The summed E-state index contributed by atoms with van der Waals surface area (Å²) in [4.78, 5) is 27.4. The Bertz CT molecular complexity index is 450. The highest BCUT2D eigenvalue weighted by atomic mass is 79.9. The largest absolute Gasteiger partial charge is 0.354 e. The minimum absolute atomic E-state index is 0.121. The zero-order valence-electron chi connectivity index (χ0n) is 9.07. The molecule has 2 amide bonds. The number of aromatic nitrogens is 1. The second-order valence-electron chi connectivity index (χ2n) is 3.80. The molecule has 1 fully saturated rings. The Morgan fingerprint density at radius 1 is 1.59 bits per heavy atom. The van der Waals surface area contributed by atoms with E-state index < -0.39 is 6.04 Å². The lowest BCUT2D eigenvalue weighted by Crippen LogP contribution is -2.50. The maximum absolute atomic E-state index is 11.9. The molecule has 6 heteroatoms. The van der Waals surface area contributed by atoms with Crippen molar-refractivity contribution >= 4 is 27.7 Å². The van der Waals surface area contributed by atoms with Crippen LogP contribution in [0, 0.1) is 0 Å². The summed E-state index contributed by atoms with van der Waals surface area (Å²) < 4.78 is 0.480. The van der Waals surface area contributed by atoms with Gasteiger partial charge in [-0.1, -0.05) is 0 Å². The summed E-state index contributed by atoms with van der Waals surface area (Å²) in [6.45, 7) is 0.682. The van der Waals surface area contributed by atoms with E-state index in [0.717, 1.165) is 6.42 Å². The molecular formula is C11H12BrN3O2. The van der Waals surface area contributed by atoms with Gasteiger partial charge in [-0.15, -0.1) is 0 Å². The number of hydrogen-bond donors (Lipinski definition) is 2. The first-order valence-electron chi connectivity index (χ1n) is 5.37. The monoisotopic (exact) mass is 297 g/mol. The fourth-order valence-electron chi connectivity index (χ4n) is 1.70. The summed E-state index contributed by atoms with van der Waals surface area (Å²) in [6, 6.07) is 2.90. The Balaban J connectivity index is 2.06. The zero-order chi connectivity index (χ0) is 12.3. The smallest absolute Gasteiger partial charge is 0.254 e. The van der Waals surface area contributed by atoms with Gasteiger partial charge in [0.1, 0.15) is 10.6 Å². The van der Waals surface area contributed by atoms with Gasteiger partial charge >= 0.3 is 0 Å². The van der Waals surface area contributed by atoms with Crippen LogP contribution in [0.2, 0.25) is 0 Å². The molecule has 90 valence electrons. The first-order valence-corrected chi connectivity index (χ1v) is 6.17. The number of hydrogen-bond acceptors (Lipinski definition) is 3. The van der Waals surface area contributed by atoms with E-state index in [4.69, 9.17) is 0 Å². The molecule has 1 unspecified atom stereocenters. The number of amides is 2. The number of piperidine rings is 1. The number of nitrogens with one attached hydrogen (secondary N) is 2. The molecule has 5 nitrogen and oxygen atoms in total. The van der Waals surface area contributed by atoms with Crippen molar-refractivity contribution in [3.8, 4) is 0 Å². The molecule has 1 aliphatic rings. The van der Waals surface area contributed by atoms with Gasteiger partial charge in [-0.05, 0) is 40.9 Å². The van der Waals surface area contributed by atoms with E-state index in [1.165, 1.54) is 0 Å². The third-order valence-electron chi connectivity index (χ3n) is 2.59. The van der Waals surface area contributed by atoms with Gasteiger partial charge in [0.2, 0.25) is 5.91 Å². The summed E-state index contributed by atoms with van der Waals surface area (Å²) in [7, 11) is 0. The fraction of sp³-hybridized carbons (Fsp3) is 0.364. The van der Waals surface area contributed by atoms with E-state index in [2.05, 4.69) is 31.5 Å². The first-order chi connectivity index (χ1) is 8.18. The molecular weight excluding hydrogens is 286 g/mol. The average Bonchev–Trinajstić information content (AvgIpc) is 2.32. The van der Waals surface area contributed by atoms with E-state index in [1.54, 1.807) is 18.3 Å². The van der Waals surface area contributed by atoms with Crippen LogP contribution in [0.1, 0.15) is 23.2 Å². The quantitative estimate of drug-likeness (QED) is 0.795. The van der Waals surface area contributed by atoms with E-state index in [9.17, 15) is 9.59 Å². The minimum atomic E-state index is -0.441. The summed E-state index contributed by atoms with van der Waals surface area (Å²) in [5, 5.41) is 5.43. The molecule has 0 aliphatic carbocycles. The molecule has 2 rings (SSSR count). The normalized spacial score (nSPS) is 19.6. The summed E-state index contributed by atoms with van der Waals surface area (Å²) >= 11 is 3.20. The SMILES string of the molecule is O=C(NC1CCCNC1=O)c1cccnc1Br. The third-order valence-corrected chi connectivity index (χ3v) is 3.23.